The van der Waals surface area contributed by atoms with Crippen LogP contribution in [0.2, 0.25) is 0 Å². The van der Waals surface area contributed by atoms with E-state index >= 15 is 0 Å². The Morgan fingerprint density at radius 1 is 1.32 bits per heavy atom. The van der Waals surface area contributed by atoms with Crippen LogP contribution >= 0.6 is 0 Å². The molecule has 0 radical (unpaired) electrons. The number of nitrogens with zero attached hydrogens (tertiary/aromatic N) is 1. The van der Waals surface area contributed by atoms with Crippen LogP contribution in [0.1, 0.15) is 35.3 Å². The Kier molecular flexibility index (Phi) is 4.00. The Balaban J connectivity index is 2.05. The maximum absolute atomic E-state index is 11.4. The van der Waals surface area contributed by atoms with Crippen molar-refractivity contribution < 1.29 is 14.7 Å². The number of aliphatic carboxylic acids is 1. The predicted octanol–water partition coefficient (Wildman–Crippen LogP) is 1.97. The highest BCUT2D eigenvalue weighted by molar-refractivity contribution is 5.94. The summed E-state index contributed by atoms with van der Waals surface area (Å²) in [5.41, 5.74) is 3.11. The lowest BCUT2D eigenvalue weighted by molar-refractivity contribution is -0.147. The van der Waals surface area contributed by atoms with Crippen LogP contribution in [0.3, 0.4) is 0 Å². The molecular formula is C15H19NO3. The minimum Gasteiger partial charge on any atom is -0.481 e. The first kappa shape index (κ1) is 13.7. The second-order valence-corrected chi connectivity index (χ2v) is 5.12. The van der Waals surface area contributed by atoms with Crippen LogP contribution in [0, 0.1) is 5.92 Å². The summed E-state index contributed by atoms with van der Waals surface area (Å²) in [6.07, 6.45) is 0.882. The molecule has 4 nitrogen and oxygen atoms in total. The zero-order valence-electron chi connectivity index (χ0n) is 11.3. The second-order valence-electron chi connectivity index (χ2n) is 5.12. The minimum atomic E-state index is -0.709. The molecule has 0 atom stereocenters. The van der Waals surface area contributed by atoms with Gasteiger partial charge >= 0.3 is 5.97 Å². The number of carboxylic acids is 1. The van der Waals surface area contributed by atoms with Gasteiger partial charge in [-0.2, -0.15) is 0 Å². The summed E-state index contributed by atoms with van der Waals surface area (Å²) in [4.78, 5) is 24.2. The molecule has 1 N–H and O–H groups in total. The number of benzene rings is 1. The van der Waals surface area contributed by atoms with Gasteiger partial charge in [0, 0.05) is 25.2 Å². The third-order valence-corrected chi connectivity index (χ3v) is 3.69. The summed E-state index contributed by atoms with van der Waals surface area (Å²) in [5.74, 6) is -0.850. The highest BCUT2D eigenvalue weighted by Gasteiger charge is 2.32. The van der Waals surface area contributed by atoms with E-state index in [4.69, 9.17) is 5.11 Å². The van der Waals surface area contributed by atoms with Gasteiger partial charge in [-0.25, -0.2) is 0 Å². The standard InChI is InChI=1S/C15H19NO3/c1-3-11-6-12(10(2)17)4-5-13(11)7-16-8-14(9-16)15(18)19/h4-6,14H,3,7-9H2,1-2H3,(H,18,19). The van der Waals surface area contributed by atoms with Gasteiger partial charge in [-0.3, -0.25) is 14.5 Å². The van der Waals surface area contributed by atoms with Crippen LogP contribution in [-0.2, 0) is 17.8 Å². The van der Waals surface area contributed by atoms with Crippen molar-refractivity contribution in [3.63, 3.8) is 0 Å². The van der Waals surface area contributed by atoms with E-state index in [0.29, 0.717) is 13.1 Å². The summed E-state index contributed by atoms with van der Waals surface area (Å²) in [7, 11) is 0. The topological polar surface area (TPSA) is 57.6 Å². The lowest BCUT2D eigenvalue weighted by Crippen LogP contribution is -2.49. The van der Waals surface area contributed by atoms with Crippen LogP contribution in [0.15, 0.2) is 18.2 Å². The lowest BCUT2D eigenvalue weighted by Gasteiger charge is -2.37. The number of rotatable bonds is 5. The molecule has 19 heavy (non-hydrogen) atoms. The maximum Gasteiger partial charge on any atom is 0.309 e. The Morgan fingerprint density at radius 2 is 2.00 bits per heavy atom. The first-order chi connectivity index (χ1) is 9.01. The molecule has 1 heterocycles. The molecule has 1 saturated heterocycles. The van der Waals surface area contributed by atoms with Gasteiger partial charge in [0.1, 0.15) is 0 Å². The van der Waals surface area contributed by atoms with E-state index in [1.54, 1.807) is 6.92 Å². The van der Waals surface area contributed by atoms with Crippen molar-refractivity contribution in [3.05, 3.63) is 34.9 Å². The van der Waals surface area contributed by atoms with Crippen molar-refractivity contribution in [2.24, 2.45) is 5.92 Å². The van der Waals surface area contributed by atoms with Gasteiger partial charge in [-0.15, -0.1) is 0 Å². The largest absolute Gasteiger partial charge is 0.481 e. The Hall–Kier alpha value is -1.68. The highest BCUT2D eigenvalue weighted by Crippen LogP contribution is 2.22. The predicted molar refractivity (Wildman–Crippen MR) is 72.2 cm³/mol. The van der Waals surface area contributed by atoms with Crippen molar-refractivity contribution in [1.82, 2.24) is 4.90 Å². The summed E-state index contributed by atoms with van der Waals surface area (Å²) < 4.78 is 0. The fourth-order valence-corrected chi connectivity index (χ4v) is 2.42. The van der Waals surface area contributed by atoms with E-state index < -0.39 is 5.97 Å². The average Bonchev–Trinajstić information content (AvgIpc) is 2.32. The quantitative estimate of drug-likeness (QED) is 0.823. The molecule has 0 spiro atoms. The average molecular weight is 261 g/mol. The molecule has 2 rings (SSSR count). The highest BCUT2D eigenvalue weighted by atomic mass is 16.4. The molecule has 0 amide bonds. The monoisotopic (exact) mass is 261 g/mol. The smallest absolute Gasteiger partial charge is 0.309 e. The van der Waals surface area contributed by atoms with E-state index in [9.17, 15) is 9.59 Å². The molecule has 0 aliphatic carbocycles. The van der Waals surface area contributed by atoms with E-state index in [1.165, 1.54) is 11.1 Å². The van der Waals surface area contributed by atoms with Gasteiger partial charge in [-0.1, -0.05) is 19.1 Å². The number of hydrogen-bond donors (Lipinski definition) is 1. The minimum absolute atomic E-state index is 0.0798. The van der Waals surface area contributed by atoms with E-state index in [0.717, 1.165) is 18.5 Å². The second kappa shape index (κ2) is 5.53. The first-order valence-electron chi connectivity index (χ1n) is 6.59. The number of aryl methyl sites for hydroxylation is 1. The SMILES string of the molecule is CCc1cc(C(C)=O)ccc1CN1CC(C(=O)O)C1. The van der Waals surface area contributed by atoms with Crippen molar-refractivity contribution in [2.45, 2.75) is 26.8 Å². The number of hydrogen-bond acceptors (Lipinski definition) is 3. The van der Waals surface area contributed by atoms with Gasteiger partial charge in [0.25, 0.3) is 0 Å². The number of carbonyl (C=O) groups is 2. The van der Waals surface area contributed by atoms with Gasteiger partial charge in [-0.05, 0) is 30.5 Å². The van der Waals surface area contributed by atoms with E-state index in [-0.39, 0.29) is 11.7 Å². The van der Waals surface area contributed by atoms with Crippen LogP contribution in [0.5, 0.6) is 0 Å². The molecule has 1 aromatic rings. The summed E-state index contributed by atoms with van der Waals surface area (Å²) in [6.45, 7) is 5.64. The van der Waals surface area contributed by atoms with E-state index in [2.05, 4.69) is 11.8 Å². The van der Waals surface area contributed by atoms with Crippen molar-refractivity contribution in [3.8, 4) is 0 Å². The van der Waals surface area contributed by atoms with Gasteiger partial charge in [0.15, 0.2) is 5.78 Å². The van der Waals surface area contributed by atoms with Gasteiger partial charge in [0.2, 0.25) is 0 Å². The molecule has 1 aromatic carbocycles. The van der Waals surface area contributed by atoms with Crippen LogP contribution in [-0.4, -0.2) is 34.8 Å². The van der Waals surface area contributed by atoms with Crippen molar-refractivity contribution >= 4 is 11.8 Å². The van der Waals surface area contributed by atoms with Crippen molar-refractivity contribution in [2.75, 3.05) is 13.1 Å². The zero-order valence-corrected chi connectivity index (χ0v) is 11.3. The maximum atomic E-state index is 11.4. The van der Waals surface area contributed by atoms with Gasteiger partial charge < -0.3 is 5.11 Å². The number of carboxylic acid groups (broad SMARTS) is 1. The van der Waals surface area contributed by atoms with E-state index in [1.807, 2.05) is 18.2 Å². The Labute approximate surface area is 113 Å². The first-order valence-corrected chi connectivity index (χ1v) is 6.59. The van der Waals surface area contributed by atoms with Crippen molar-refractivity contribution in [1.29, 1.82) is 0 Å². The number of carbonyl (C=O) groups excluding carboxylic acids is 1. The molecule has 4 heteroatoms. The number of likely N-dealkylation sites (tertiary alicyclic amines) is 1. The van der Waals surface area contributed by atoms with Crippen LogP contribution < -0.4 is 0 Å². The number of ketones is 1. The molecule has 0 bridgehead atoms. The molecule has 0 saturated carbocycles. The molecule has 0 unspecified atom stereocenters. The number of Topliss-reactive ketones (excluding diaryl/α,β-unsaturated/α-hetero) is 1. The molecular weight excluding hydrogens is 242 g/mol. The summed E-state index contributed by atoms with van der Waals surface area (Å²) >= 11 is 0. The van der Waals surface area contributed by atoms with Gasteiger partial charge in [0.05, 0.1) is 5.92 Å². The lowest BCUT2D eigenvalue weighted by atomic mass is 9.96. The fourth-order valence-electron chi connectivity index (χ4n) is 2.42. The Bertz CT molecular complexity index is 504. The zero-order chi connectivity index (χ0) is 14.0. The third kappa shape index (κ3) is 3.01. The molecule has 0 aromatic heterocycles. The molecule has 1 aliphatic rings. The molecule has 1 fully saturated rings. The summed E-state index contributed by atoms with van der Waals surface area (Å²) in [5, 5.41) is 8.85. The summed E-state index contributed by atoms with van der Waals surface area (Å²) in [6, 6.07) is 5.79. The van der Waals surface area contributed by atoms with Crippen LogP contribution in [0.25, 0.3) is 0 Å². The van der Waals surface area contributed by atoms with Crippen LogP contribution in [0.4, 0.5) is 0 Å². The Morgan fingerprint density at radius 3 is 2.53 bits per heavy atom. The fraction of sp³-hybridized carbons (Fsp3) is 0.467. The molecule has 102 valence electrons. The third-order valence-electron chi connectivity index (χ3n) is 3.69. The normalized spacial score (nSPS) is 16.1. The molecule has 1 aliphatic heterocycles.